The van der Waals surface area contributed by atoms with Gasteiger partial charge in [-0.3, -0.25) is 4.79 Å². The first-order valence-corrected chi connectivity index (χ1v) is 7.61. The molecule has 0 bridgehead atoms. The lowest BCUT2D eigenvalue weighted by molar-refractivity contribution is -0.119. The summed E-state index contributed by atoms with van der Waals surface area (Å²) >= 11 is 1.31. The summed E-state index contributed by atoms with van der Waals surface area (Å²) in [5.74, 6) is 0.891. The predicted molar refractivity (Wildman–Crippen MR) is 78.8 cm³/mol. The van der Waals surface area contributed by atoms with Crippen molar-refractivity contribution in [1.29, 1.82) is 0 Å². The Morgan fingerprint density at radius 3 is 2.90 bits per heavy atom. The molecule has 114 valence electrons. The Bertz CT molecular complexity index is 588. The average molecular weight is 309 g/mol. The number of amides is 1. The van der Waals surface area contributed by atoms with Gasteiger partial charge in [-0.05, 0) is 50.3 Å². The van der Waals surface area contributed by atoms with Crippen LogP contribution in [0.4, 0.5) is 0 Å². The van der Waals surface area contributed by atoms with Gasteiger partial charge in [0.15, 0.2) is 0 Å². The minimum absolute atomic E-state index is 0.0904. The molecule has 1 amide bonds. The number of hydrogen-bond donors (Lipinski definition) is 1. The number of thioether (sulfide) groups is 1. The molecule has 2 heterocycles. The molecule has 1 atom stereocenters. The highest BCUT2D eigenvalue weighted by molar-refractivity contribution is 7.99. The summed E-state index contributed by atoms with van der Waals surface area (Å²) in [7, 11) is 0. The fourth-order valence-corrected chi connectivity index (χ4v) is 2.58. The van der Waals surface area contributed by atoms with E-state index < -0.39 is 0 Å². The van der Waals surface area contributed by atoms with Crippen molar-refractivity contribution in [2.45, 2.75) is 44.4 Å². The number of nitrogens with one attached hydrogen (secondary N) is 1. The molecule has 0 radical (unpaired) electrons. The number of carbonyl (C=O) groups excluding carboxylic acids is 1. The first-order chi connectivity index (χ1) is 9.88. The fourth-order valence-electron chi connectivity index (χ4n) is 1.71. The van der Waals surface area contributed by atoms with Crippen LogP contribution in [0.1, 0.15) is 39.5 Å². The van der Waals surface area contributed by atoms with E-state index in [0.717, 1.165) is 5.76 Å². The Balaban J connectivity index is 1.89. The van der Waals surface area contributed by atoms with Crippen molar-refractivity contribution in [2.75, 3.05) is 5.75 Å². The topological polar surface area (TPSA) is 85.8 Å². The van der Waals surface area contributed by atoms with E-state index in [4.69, 9.17) is 4.42 Å². The van der Waals surface area contributed by atoms with Gasteiger partial charge < -0.3 is 9.73 Å². The Morgan fingerprint density at radius 2 is 2.29 bits per heavy atom. The molecule has 8 heteroatoms. The minimum atomic E-state index is -0.218. The van der Waals surface area contributed by atoms with Crippen LogP contribution in [-0.4, -0.2) is 31.9 Å². The zero-order valence-electron chi connectivity index (χ0n) is 12.5. The maximum Gasteiger partial charge on any atom is 0.231 e. The number of aromatic nitrogens is 4. The van der Waals surface area contributed by atoms with Crippen molar-refractivity contribution in [2.24, 2.45) is 0 Å². The summed E-state index contributed by atoms with van der Waals surface area (Å²) in [6, 6.07) is 3.47. The van der Waals surface area contributed by atoms with E-state index in [2.05, 4.69) is 20.8 Å². The standard InChI is InChI=1S/C13H19N5O2S/c1-9(10-6-5-7-20-10)14-11(19)8-21-12-15-16-17-18(12)13(2,3)4/h5-7,9H,8H2,1-4H3,(H,14,19)/t9-/m0/s1. The summed E-state index contributed by atoms with van der Waals surface area (Å²) in [6.45, 7) is 7.89. The molecule has 2 rings (SSSR count). The van der Waals surface area contributed by atoms with Crippen LogP contribution in [-0.2, 0) is 10.3 Å². The van der Waals surface area contributed by atoms with Gasteiger partial charge in [0, 0.05) is 0 Å². The molecule has 0 spiro atoms. The second-order valence-electron chi connectivity index (χ2n) is 5.64. The van der Waals surface area contributed by atoms with Gasteiger partial charge in [0.05, 0.1) is 23.6 Å². The third-order valence-corrected chi connectivity index (χ3v) is 3.68. The van der Waals surface area contributed by atoms with E-state index in [-0.39, 0.29) is 23.2 Å². The molecule has 0 unspecified atom stereocenters. The number of tetrazole rings is 1. The number of hydrogen-bond acceptors (Lipinski definition) is 6. The Kier molecular flexibility index (Phi) is 4.66. The first-order valence-electron chi connectivity index (χ1n) is 6.62. The molecule has 0 saturated heterocycles. The quantitative estimate of drug-likeness (QED) is 0.850. The molecule has 0 aliphatic heterocycles. The maximum atomic E-state index is 12.0. The molecule has 0 aromatic carbocycles. The van der Waals surface area contributed by atoms with E-state index in [9.17, 15) is 4.79 Å². The highest BCUT2D eigenvalue weighted by atomic mass is 32.2. The van der Waals surface area contributed by atoms with Gasteiger partial charge >= 0.3 is 0 Å². The molecular formula is C13H19N5O2S. The van der Waals surface area contributed by atoms with E-state index in [0.29, 0.717) is 5.16 Å². The number of nitrogens with zero attached hydrogens (tertiary/aromatic N) is 4. The van der Waals surface area contributed by atoms with Crippen LogP contribution in [0.3, 0.4) is 0 Å². The molecule has 21 heavy (non-hydrogen) atoms. The Labute approximate surface area is 127 Å². The Hall–Kier alpha value is -1.83. The predicted octanol–water partition coefficient (Wildman–Crippen LogP) is 1.99. The number of carbonyl (C=O) groups is 1. The maximum absolute atomic E-state index is 12.0. The molecule has 2 aromatic rings. The summed E-state index contributed by atoms with van der Waals surface area (Å²) in [5, 5.41) is 15.1. The normalized spacial score (nSPS) is 13.1. The summed E-state index contributed by atoms with van der Waals surface area (Å²) in [4.78, 5) is 12.0. The molecule has 0 fully saturated rings. The van der Waals surface area contributed by atoms with Crippen LogP contribution in [0.15, 0.2) is 28.0 Å². The number of rotatable bonds is 5. The zero-order chi connectivity index (χ0) is 15.5. The second kappa shape index (κ2) is 6.30. The van der Waals surface area contributed by atoms with E-state index in [1.165, 1.54) is 11.8 Å². The highest BCUT2D eigenvalue weighted by Crippen LogP contribution is 2.21. The SMILES string of the molecule is C[C@H](NC(=O)CSc1nnnn1C(C)(C)C)c1ccco1. The van der Waals surface area contributed by atoms with Gasteiger partial charge in [0.2, 0.25) is 11.1 Å². The molecule has 2 aromatic heterocycles. The van der Waals surface area contributed by atoms with Gasteiger partial charge in [0.1, 0.15) is 5.76 Å². The lowest BCUT2D eigenvalue weighted by atomic mass is 10.1. The van der Waals surface area contributed by atoms with Crippen molar-refractivity contribution < 1.29 is 9.21 Å². The van der Waals surface area contributed by atoms with Crippen LogP contribution in [0.25, 0.3) is 0 Å². The average Bonchev–Trinajstić information content (AvgIpc) is 3.06. The van der Waals surface area contributed by atoms with Gasteiger partial charge in [-0.25, -0.2) is 4.68 Å². The van der Waals surface area contributed by atoms with Crippen molar-refractivity contribution >= 4 is 17.7 Å². The third kappa shape index (κ3) is 4.07. The lowest BCUT2D eigenvalue weighted by Gasteiger charge is -2.19. The molecule has 1 N–H and O–H groups in total. The smallest absolute Gasteiger partial charge is 0.231 e. The molecule has 7 nitrogen and oxygen atoms in total. The summed E-state index contributed by atoms with van der Waals surface area (Å²) in [5.41, 5.74) is -0.218. The lowest BCUT2D eigenvalue weighted by Crippen LogP contribution is -2.28. The van der Waals surface area contributed by atoms with Gasteiger partial charge in [0.25, 0.3) is 0 Å². The van der Waals surface area contributed by atoms with Crippen molar-refractivity contribution in [3.8, 4) is 0 Å². The zero-order valence-corrected chi connectivity index (χ0v) is 13.3. The minimum Gasteiger partial charge on any atom is -0.467 e. The van der Waals surface area contributed by atoms with Gasteiger partial charge in [-0.15, -0.1) is 5.10 Å². The van der Waals surface area contributed by atoms with E-state index >= 15 is 0 Å². The van der Waals surface area contributed by atoms with Crippen molar-refractivity contribution in [3.05, 3.63) is 24.2 Å². The van der Waals surface area contributed by atoms with Crippen LogP contribution in [0.2, 0.25) is 0 Å². The van der Waals surface area contributed by atoms with E-state index in [1.54, 1.807) is 17.0 Å². The summed E-state index contributed by atoms with van der Waals surface area (Å²) < 4.78 is 6.96. The number of furan rings is 1. The molecule has 0 aliphatic carbocycles. The monoisotopic (exact) mass is 309 g/mol. The molecule has 0 saturated carbocycles. The molecule has 0 aliphatic rings. The third-order valence-electron chi connectivity index (χ3n) is 2.76. The van der Waals surface area contributed by atoms with Crippen LogP contribution in [0, 0.1) is 0 Å². The highest BCUT2D eigenvalue weighted by Gasteiger charge is 2.21. The van der Waals surface area contributed by atoms with Gasteiger partial charge in [-0.2, -0.15) is 0 Å². The van der Waals surface area contributed by atoms with Crippen LogP contribution < -0.4 is 5.32 Å². The largest absolute Gasteiger partial charge is 0.467 e. The van der Waals surface area contributed by atoms with Gasteiger partial charge in [-0.1, -0.05) is 11.8 Å². The summed E-state index contributed by atoms with van der Waals surface area (Å²) in [6.07, 6.45) is 1.59. The first kappa shape index (κ1) is 15.6. The molecular weight excluding hydrogens is 290 g/mol. The van der Waals surface area contributed by atoms with E-state index in [1.807, 2.05) is 33.8 Å². The Morgan fingerprint density at radius 1 is 1.52 bits per heavy atom. The van der Waals surface area contributed by atoms with Crippen molar-refractivity contribution in [1.82, 2.24) is 25.5 Å². The van der Waals surface area contributed by atoms with Crippen molar-refractivity contribution in [3.63, 3.8) is 0 Å². The second-order valence-corrected chi connectivity index (χ2v) is 6.58. The van der Waals surface area contributed by atoms with Crippen LogP contribution >= 0.6 is 11.8 Å². The fraction of sp³-hybridized carbons (Fsp3) is 0.538. The van der Waals surface area contributed by atoms with Crippen LogP contribution in [0.5, 0.6) is 0 Å².